The number of nitrogens with zero attached hydrogens (tertiary/aromatic N) is 1. The fourth-order valence-corrected chi connectivity index (χ4v) is 2.17. The molecular weight excluding hydrogens is 246 g/mol. The molecule has 0 saturated carbocycles. The molecule has 0 heterocycles. The van der Waals surface area contributed by atoms with Crippen molar-refractivity contribution in [3.63, 3.8) is 0 Å². The molecule has 19 heavy (non-hydrogen) atoms. The molecule has 0 aliphatic heterocycles. The molecule has 5 heteroatoms. The van der Waals surface area contributed by atoms with Gasteiger partial charge in [-0.25, -0.2) is 4.79 Å². The van der Waals surface area contributed by atoms with Crippen LogP contribution in [-0.4, -0.2) is 38.4 Å². The maximum atomic E-state index is 11.3. The zero-order valence-corrected chi connectivity index (χ0v) is 12.2. The zero-order valence-electron chi connectivity index (χ0n) is 12.2. The Bertz CT molecular complexity index is 419. The maximum Gasteiger partial charge on any atom is 0.386 e. The van der Waals surface area contributed by atoms with Crippen LogP contribution >= 0.6 is 0 Å². The third kappa shape index (κ3) is 3.12. The minimum Gasteiger partial charge on any atom is -0.300 e. The fourth-order valence-electron chi connectivity index (χ4n) is 2.17. The SMILES string of the molecule is CCOC(OC)(c1ccccc1)[N+](C)(C)OC(C)=O. The van der Waals surface area contributed by atoms with Crippen LogP contribution in [0.25, 0.3) is 0 Å². The lowest BCUT2D eigenvalue weighted by Crippen LogP contribution is -2.60. The third-order valence-corrected chi connectivity index (χ3v) is 2.82. The van der Waals surface area contributed by atoms with E-state index in [0.29, 0.717) is 6.61 Å². The highest BCUT2D eigenvalue weighted by Gasteiger charge is 2.53. The van der Waals surface area contributed by atoms with Crippen LogP contribution in [0.5, 0.6) is 0 Å². The van der Waals surface area contributed by atoms with Crippen LogP contribution in [0, 0.1) is 0 Å². The smallest absolute Gasteiger partial charge is 0.300 e. The van der Waals surface area contributed by atoms with Crippen molar-refractivity contribution in [1.82, 2.24) is 0 Å². The molecule has 0 amide bonds. The van der Waals surface area contributed by atoms with Gasteiger partial charge in [-0.3, -0.25) is 14.3 Å². The quantitative estimate of drug-likeness (QED) is 0.450. The van der Waals surface area contributed by atoms with Gasteiger partial charge in [0.05, 0.1) is 12.2 Å². The summed E-state index contributed by atoms with van der Waals surface area (Å²) in [6.07, 6.45) is 0. The van der Waals surface area contributed by atoms with Gasteiger partial charge in [-0.15, -0.1) is 0 Å². The number of carbonyl (C=O) groups excluding carboxylic acids is 1. The normalized spacial score (nSPS) is 14.8. The van der Waals surface area contributed by atoms with E-state index in [1.807, 2.05) is 37.3 Å². The molecule has 0 aliphatic carbocycles. The number of hydroxylamine groups is 3. The molecule has 0 radical (unpaired) electrons. The van der Waals surface area contributed by atoms with Crippen molar-refractivity contribution in [1.29, 1.82) is 0 Å². The summed E-state index contributed by atoms with van der Waals surface area (Å²) in [5.41, 5.74) is 0.783. The Labute approximate surface area is 114 Å². The highest BCUT2D eigenvalue weighted by atomic mass is 16.8. The van der Waals surface area contributed by atoms with E-state index >= 15 is 0 Å². The van der Waals surface area contributed by atoms with Crippen LogP contribution in [0.2, 0.25) is 0 Å². The minimum atomic E-state index is -1.19. The van der Waals surface area contributed by atoms with Crippen molar-refractivity contribution < 1.29 is 23.8 Å². The van der Waals surface area contributed by atoms with Gasteiger partial charge in [-0.1, -0.05) is 22.8 Å². The van der Waals surface area contributed by atoms with Crippen LogP contribution in [0.15, 0.2) is 30.3 Å². The number of methoxy groups -OCH3 is 1. The molecule has 0 aromatic heterocycles. The first kappa shape index (κ1) is 15.6. The van der Waals surface area contributed by atoms with E-state index in [-0.39, 0.29) is 4.65 Å². The first-order valence-electron chi connectivity index (χ1n) is 6.18. The molecule has 1 aromatic rings. The fraction of sp³-hybridized carbons (Fsp3) is 0.500. The van der Waals surface area contributed by atoms with Crippen LogP contribution in [0.4, 0.5) is 0 Å². The molecule has 0 saturated heterocycles. The molecule has 0 aliphatic rings. The lowest BCUT2D eigenvalue weighted by molar-refractivity contribution is -1.14. The molecule has 5 nitrogen and oxygen atoms in total. The number of quaternary nitrogens is 1. The predicted octanol–water partition coefficient (Wildman–Crippen LogP) is 2.03. The maximum absolute atomic E-state index is 11.3. The second-order valence-corrected chi connectivity index (χ2v) is 4.52. The Balaban J connectivity index is 3.30. The van der Waals surface area contributed by atoms with E-state index in [9.17, 15) is 4.79 Å². The molecule has 0 spiro atoms. The Morgan fingerprint density at radius 1 is 1.26 bits per heavy atom. The van der Waals surface area contributed by atoms with Gasteiger partial charge in [-0.2, -0.15) is 0 Å². The first-order valence-corrected chi connectivity index (χ1v) is 6.18. The van der Waals surface area contributed by atoms with Gasteiger partial charge in [0.1, 0.15) is 14.1 Å². The third-order valence-electron chi connectivity index (χ3n) is 2.82. The van der Waals surface area contributed by atoms with E-state index in [2.05, 4.69) is 0 Å². The lowest BCUT2D eigenvalue weighted by Gasteiger charge is -2.41. The number of rotatable bonds is 6. The number of carbonyl (C=O) groups is 1. The Kier molecular flexibility index (Phi) is 5.05. The molecular formula is C14H22NO4+. The molecule has 106 valence electrons. The van der Waals surface area contributed by atoms with Gasteiger partial charge < -0.3 is 0 Å². The molecule has 1 rings (SSSR count). The molecule has 0 fully saturated rings. The number of benzene rings is 1. The van der Waals surface area contributed by atoms with E-state index in [4.69, 9.17) is 14.3 Å². The Morgan fingerprint density at radius 2 is 1.84 bits per heavy atom. The molecule has 0 N–H and O–H groups in total. The number of ether oxygens (including phenoxy) is 2. The second kappa shape index (κ2) is 6.14. The lowest BCUT2D eigenvalue weighted by atomic mass is 10.1. The van der Waals surface area contributed by atoms with Crippen molar-refractivity contribution in [3.05, 3.63) is 35.9 Å². The van der Waals surface area contributed by atoms with Crippen LogP contribution in [-0.2, 0) is 25.0 Å². The first-order chi connectivity index (χ1) is 8.89. The van der Waals surface area contributed by atoms with Crippen LogP contribution in [0.1, 0.15) is 19.4 Å². The van der Waals surface area contributed by atoms with Gasteiger partial charge in [0.2, 0.25) is 0 Å². The van der Waals surface area contributed by atoms with Crippen molar-refractivity contribution in [2.45, 2.75) is 19.8 Å². The summed E-state index contributed by atoms with van der Waals surface area (Å²) in [6, 6.07) is 9.43. The monoisotopic (exact) mass is 268 g/mol. The minimum absolute atomic E-state index is 0.212. The zero-order chi connectivity index (χ0) is 14.5. The van der Waals surface area contributed by atoms with Gasteiger partial charge in [0.15, 0.2) is 0 Å². The Hall–Kier alpha value is -1.43. The second-order valence-electron chi connectivity index (χ2n) is 4.52. The topological polar surface area (TPSA) is 44.8 Å². The number of hydrogen-bond donors (Lipinski definition) is 0. The molecule has 0 bridgehead atoms. The summed E-state index contributed by atoms with van der Waals surface area (Å²) in [6.45, 7) is 3.65. The van der Waals surface area contributed by atoms with E-state index < -0.39 is 11.9 Å². The standard InChI is InChI=1S/C14H22NO4/c1-6-18-14(17-5,13-10-8-7-9-11-13)15(3,4)19-12(2)16/h7-11H,6H2,1-5H3/q+1. The van der Waals surface area contributed by atoms with Crippen LogP contribution < -0.4 is 0 Å². The highest BCUT2D eigenvalue weighted by Crippen LogP contribution is 2.35. The van der Waals surface area contributed by atoms with Crippen LogP contribution in [0.3, 0.4) is 0 Å². The Morgan fingerprint density at radius 3 is 2.26 bits per heavy atom. The van der Waals surface area contributed by atoms with Gasteiger partial charge in [0, 0.05) is 14.0 Å². The van der Waals surface area contributed by atoms with Gasteiger partial charge in [-0.05, 0) is 19.1 Å². The number of hydrogen-bond acceptors (Lipinski definition) is 4. The molecule has 1 atom stereocenters. The molecule has 1 unspecified atom stereocenters. The highest BCUT2D eigenvalue weighted by molar-refractivity contribution is 5.65. The summed E-state index contributed by atoms with van der Waals surface area (Å²) in [5.74, 6) is -1.59. The average Bonchev–Trinajstić information content (AvgIpc) is 2.35. The average molecular weight is 268 g/mol. The summed E-state index contributed by atoms with van der Waals surface area (Å²) < 4.78 is 11.2. The van der Waals surface area contributed by atoms with E-state index in [1.54, 1.807) is 14.1 Å². The van der Waals surface area contributed by atoms with Gasteiger partial charge in [0.25, 0.3) is 0 Å². The van der Waals surface area contributed by atoms with E-state index in [0.717, 1.165) is 5.56 Å². The largest absolute Gasteiger partial charge is 0.386 e. The predicted molar refractivity (Wildman–Crippen MR) is 70.6 cm³/mol. The van der Waals surface area contributed by atoms with Crippen molar-refractivity contribution in [2.24, 2.45) is 0 Å². The van der Waals surface area contributed by atoms with Crippen molar-refractivity contribution in [3.8, 4) is 0 Å². The summed E-state index contributed by atoms with van der Waals surface area (Å²) in [4.78, 5) is 16.7. The molecule has 1 aromatic carbocycles. The summed E-state index contributed by atoms with van der Waals surface area (Å²) in [5, 5.41) is 0. The van der Waals surface area contributed by atoms with Crippen molar-refractivity contribution in [2.75, 3.05) is 27.8 Å². The summed E-state index contributed by atoms with van der Waals surface area (Å²) in [7, 11) is 4.97. The van der Waals surface area contributed by atoms with Crippen molar-refractivity contribution >= 4 is 5.97 Å². The van der Waals surface area contributed by atoms with Gasteiger partial charge >= 0.3 is 11.9 Å². The van der Waals surface area contributed by atoms with E-state index in [1.165, 1.54) is 14.0 Å². The summed E-state index contributed by atoms with van der Waals surface area (Å²) >= 11 is 0.